The van der Waals surface area contributed by atoms with Crippen molar-refractivity contribution in [2.75, 3.05) is 19.8 Å². The molecule has 1 rings (SSSR count). The molecule has 0 saturated heterocycles. The summed E-state index contributed by atoms with van der Waals surface area (Å²) in [6, 6.07) is 6.89. The molecule has 0 spiro atoms. The van der Waals surface area contributed by atoms with Gasteiger partial charge in [0.1, 0.15) is 0 Å². The zero-order valence-electron chi connectivity index (χ0n) is 10.4. The fourth-order valence-electron chi connectivity index (χ4n) is 1.50. The highest BCUT2D eigenvalue weighted by Crippen LogP contribution is 2.08. The van der Waals surface area contributed by atoms with Crippen molar-refractivity contribution in [3.8, 4) is 0 Å². The van der Waals surface area contributed by atoms with Crippen molar-refractivity contribution in [1.29, 1.82) is 0 Å². The van der Waals surface area contributed by atoms with Gasteiger partial charge in [-0.05, 0) is 18.1 Å². The highest BCUT2D eigenvalue weighted by molar-refractivity contribution is 7.88. The summed E-state index contributed by atoms with van der Waals surface area (Å²) in [5.74, 6) is -0.0903. The van der Waals surface area contributed by atoms with Crippen molar-refractivity contribution >= 4 is 10.0 Å². The Morgan fingerprint density at radius 3 is 2.72 bits per heavy atom. The quantitative estimate of drug-likeness (QED) is 0.681. The molecule has 0 bridgehead atoms. The number of hydrogen-bond acceptors (Lipinski definition) is 4. The minimum atomic E-state index is -3.35. The fraction of sp³-hybridized carbons (Fsp3) is 0.500. The van der Waals surface area contributed by atoms with Gasteiger partial charge >= 0.3 is 0 Å². The van der Waals surface area contributed by atoms with E-state index in [0.717, 1.165) is 0 Å². The minimum absolute atomic E-state index is 0.0903. The molecule has 0 saturated carbocycles. The maximum Gasteiger partial charge on any atom is 0.215 e. The summed E-state index contributed by atoms with van der Waals surface area (Å²) < 4.78 is 31.0. The summed E-state index contributed by atoms with van der Waals surface area (Å²) in [5.41, 5.74) is 1.36. The monoisotopic (exact) mass is 273 g/mol. The Hall–Kier alpha value is -0.950. The van der Waals surface area contributed by atoms with Gasteiger partial charge in [-0.15, -0.1) is 0 Å². The second-order valence-corrected chi connectivity index (χ2v) is 5.64. The number of hydrogen-bond donors (Lipinski definition) is 2. The fourth-order valence-corrected chi connectivity index (χ4v) is 2.62. The molecular formula is C12H19NO4S. The standard InChI is InChI=1S/C12H19NO4S/c1-2-17-7-6-13-18(15,16)10-12-5-3-4-11(8-12)9-14/h3-5,8,13-14H,2,6-7,9-10H2,1H3. The van der Waals surface area contributed by atoms with Crippen LogP contribution in [0.2, 0.25) is 0 Å². The number of rotatable bonds is 8. The molecule has 0 fully saturated rings. The van der Waals surface area contributed by atoms with Crippen LogP contribution in [0.4, 0.5) is 0 Å². The Morgan fingerprint density at radius 2 is 2.06 bits per heavy atom. The number of aliphatic hydroxyl groups is 1. The molecule has 2 N–H and O–H groups in total. The highest BCUT2D eigenvalue weighted by atomic mass is 32.2. The summed E-state index contributed by atoms with van der Waals surface area (Å²) >= 11 is 0. The van der Waals surface area contributed by atoms with E-state index in [9.17, 15) is 8.42 Å². The Kier molecular flexibility index (Phi) is 6.28. The molecular weight excluding hydrogens is 254 g/mol. The van der Waals surface area contributed by atoms with Crippen molar-refractivity contribution in [3.63, 3.8) is 0 Å². The molecule has 0 unspecified atom stereocenters. The lowest BCUT2D eigenvalue weighted by atomic mass is 10.1. The summed E-state index contributed by atoms with van der Waals surface area (Å²) in [6.45, 7) is 2.98. The normalized spacial score (nSPS) is 11.7. The van der Waals surface area contributed by atoms with E-state index >= 15 is 0 Å². The van der Waals surface area contributed by atoms with Gasteiger partial charge in [0.2, 0.25) is 10.0 Å². The molecule has 0 aliphatic heterocycles. The van der Waals surface area contributed by atoms with E-state index in [1.165, 1.54) is 0 Å². The Morgan fingerprint density at radius 1 is 1.33 bits per heavy atom. The van der Waals surface area contributed by atoms with Crippen LogP contribution in [0.15, 0.2) is 24.3 Å². The largest absolute Gasteiger partial charge is 0.392 e. The third kappa shape index (κ3) is 5.59. The predicted octanol–water partition coefficient (Wildman–Crippen LogP) is 0.635. The maximum atomic E-state index is 11.7. The molecule has 6 heteroatoms. The van der Waals surface area contributed by atoms with Gasteiger partial charge in [-0.2, -0.15) is 0 Å². The topological polar surface area (TPSA) is 75.6 Å². The average molecular weight is 273 g/mol. The number of ether oxygens (including phenoxy) is 1. The van der Waals surface area contributed by atoms with Crippen molar-refractivity contribution in [2.45, 2.75) is 19.3 Å². The van der Waals surface area contributed by atoms with E-state index in [-0.39, 0.29) is 18.9 Å². The third-order valence-electron chi connectivity index (χ3n) is 2.30. The van der Waals surface area contributed by atoms with Crippen molar-refractivity contribution < 1.29 is 18.3 Å². The molecule has 1 aromatic rings. The first-order valence-corrected chi connectivity index (χ1v) is 7.46. The Labute approximate surface area is 108 Å². The van der Waals surface area contributed by atoms with Crippen molar-refractivity contribution in [1.82, 2.24) is 4.72 Å². The number of benzene rings is 1. The van der Waals surface area contributed by atoms with Gasteiger partial charge in [-0.3, -0.25) is 0 Å². The van der Waals surface area contributed by atoms with Gasteiger partial charge in [0, 0.05) is 13.2 Å². The number of nitrogens with one attached hydrogen (secondary N) is 1. The van der Waals surface area contributed by atoms with Crippen LogP contribution in [0.5, 0.6) is 0 Å². The molecule has 0 radical (unpaired) electrons. The van der Waals surface area contributed by atoms with Crippen LogP contribution in [-0.4, -0.2) is 33.3 Å². The smallest absolute Gasteiger partial charge is 0.215 e. The minimum Gasteiger partial charge on any atom is -0.392 e. The van der Waals surface area contributed by atoms with E-state index in [4.69, 9.17) is 9.84 Å². The molecule has 5 nitrogen and oxygen atoms in total. The highest BCUT2D eigenvalue weighted by Gasteiger charge is 2.10. The van der Waals surface area contributed by atoms with Gasteiger partial charge in [-0.1, -0.05) is 24.3 Å². The molecule has 0 amide bonds. The predicted molar refractivity (Wildman–Crippen MR) is 69.5 cm³/mol. The van der Waals surface area contributed by atoms with Crippen LogP contribution in [0.25, 0.3) is 0 Å². The van der Waals surface area contributed by atoms with Crippen LogP contribution < -0.4 is 4.72 Å². The summed E-state index contributed by atoms with van der Waals surface area (Å²) in [6.07, 6.45) is 0. The van der Waals surface area contributed by atoms with Gasteiger partial charge in [-0.25, -0.2) is 13.1 Å². The molecule has 1 aromatic carbocycles. The lowest BCUT2D eigenvalue weighted by molar-refractivity contribution is 0.153. The van der Waals surface area contributed by atoms with Crippen molar-refractivity contribution in [2.24, 2.45) is 0 Å². The van der Waals surface area contributed by atoms with E-state index in [1.54, 1.807) is 24.3 Å². The van der Waals surface area contributed by atoms with Crippen LogP contribution >= 0.6 is 0 Å². The summed E-state index contributed by atoms with van der Waals surface area (Å²) in [7, 11) is -3.35. The van der Waals surface area contributed by atoms with Crippen molar-refractivity contribution in [3.05, 3.63) is 35.4 Å². The van der Waals surface area contributed by atoms with Gasteiger partial charge < -0.3 is 9.84 Å². The van der Waals surface area contributed by atoms with Gasteiger partial charge in [0.15, 0.2) is 0 Å². The summed E-state index contributed by atoms with van der Waals surface area (Å²) in [4.78, 5) is 0. The first-order valence-electron chi connectivity index (χ1n) is 5.81. The third-order valence-corrected chi connectivity index (χ3v) is 3.66. The lowest BCUT2D eigenvalue weighted by Crippen LogP contribution is -2.28. The van der Waals surface area contributed by atoms with Crippen LogP contribution in [0, 0.1) is 0 Å². The molecule has 0 aliphatic carbocycles. The average Bonchev–Trinajstić information content (AvgIpc) is 2.34. The zero-order chi connectivity index (χ0) is 13.4. The van der Waals surface area contributed by atoms with Gasteiger partial charge in [0.05, 0.1) is 19.0 Å². The number of aliphatic hydroxyl groups excluding tert-OH is 1. The second kappa shape index (κ2) is 7.48. The van der Waals surface area contributed by atoms with E-state index in [0.29, 0.717) is 24.3 Å². The molecule has 0 aliphatic rings. The molecule has 0 heterocycles. The van der Waals surface area contributed by atoms with Crippen LogP contribution in [0.3, 0.4) is 0 Å². The van der Waals surface area contributed by atoms with E-state index < -0.39 is 10.0 Å². The second-order valence-electron chi connectivity index (χ2n) is 3.83. The van der Waals surface area contributed by atoms with Crippen LogP contribution in [-0.2, 0) is 27.1 Å². The van der Waals surface area contributed by atoms with Crippen LogP contribution in [0.1, 0.15) is 18.1 Å². The van der Waals surface area contributed by atoms with E-state index in [1.807, 2.05) is 6.92 Å². The zero-order valence-corrected chi connectivity index (χ0v) is 11.2. The van der Waals surface area contributed by atoms with Gasteiger partial charge in [0.25, 0.3) is 0 Å². The summed E-state index contributed by atoms with van der Waals surface area (Å²) in [5, 5.41) is 8.98. The first kappa shape index (κ1) is 15.1. The lowest BCUT2D eigenvalue weighted by Gasteiger charge is -2.07. The number of sulfonamides is 1. The Balaban J connectivity index is 2.53. The maximum absolute atomic E-state index is 11.7. The molecule has 0 aromatic heterocycles. The molecule has 102 valence electrons. The van der Waals surface area contributed by atoms with E-state index in [2.05, 4.69) is 4.72 Å². The molecule has 18 heavy (non-hydrogen) atoms. The SMILES string of the molecule is CCOCCNS(=O)(=O)Cc1cccc(CO)c1. The first-order chi connectivity index (χ1) is 8.57. The Bertz CT molecular complexity index is 459. The molecule has 0 atom stereocenters.